The van der Waals surface area contributed by atoms with Crippen LogP contribution in [0.1, 0.15) is 23.2 Å². The van der Waals surface area contributed by atoms with Gasteiger partial charge >= 0.3 is 5.97 Å². The summed E-state index contributed by atoms with van der Waals surface area (Å²) in [7, 11) is 1.62. The standard InChI is InChI=1S/C11H13N3O5/c1-19-8-2-6(3-8)13-10-9(11(15)16)4-7(5-12-10)14(17)18/h4-6,8H,2-3H2,1H3,(H,12,13)(H,15,16). The van der Waals surface area contributed by atoms with Crippen LogP contribution in [0.2, 0.25) is 0 Å². The first-order valence-corrected chi connectivity index (χ1v) is 5.68. The van der Waals surface area contributed by atoms with Gasteiger partial charge in [-0.1, -0.05) is 0 Å². The minimum absolute atomic E-state index is 0.0806. The van der Waals surface area contributed by atoms with E-state index in [1.807, 2.05) is 0 Å². The number of rotatable bonds is 5. The van der Waals surface area contributed by atoms with Crippen LogP contribution in [0, 0.1) is 10.1 Å². The molecule has 2 rings (SSSR count). The molecule has 0 atom stereocenters. The zero-order chi connectivity index (χ0) is 14.0. The Balaban J connectivity index is 2.16. The van der Waals surface area contributed by atoms with Gasteiger partial charge in [-0.3, -0.25) is 10.1 Å². The molecule has 0 spiro atoms. The first-order chi connectivity index (χ1) is 9.01. The lowest BCUT2D eigenvalue weighted by Crippen LogP contribution is -2.40. The van der Waals surface area contributed by atoms with Crippen molar-refractivity contribution < 1.29 is 19.6 Å². The van der Waals surface area contributed by atoms with Crippen molar-refractivity contribution in [3.8, 4) is 0 Å². The number of pyridine rings is 1. The topological polar surface area (TPSA) is 115 Å². The summed E-state index contributed by atoms with van der Waals surface area (Å²) in [6.07, 6.45) is 2.73. The highest BCUT2D eigenvalue weighted by atomic mass is 16.6. The quantitative estimate of drug-likeness (QED) is 0.609. The van der Waals surface area contributed by atoms with Crippen LogP contribution in [0.15, 0.2) is 12.3 Å². The second kappa shape index (κ2) is 5.19. The zero-order valence-corrected chi connectivity index (χ0v) is 10.2. The lowest BCUT2D eigenvalue weighted by Gasteiger charge is -2.35. The fraction of sp³-hybridized carbons (Fsp3) is 0.455. The summed E-state index contributed by atoms with van der Waals surface area (Å²) in [5.74, 6) is -1.10. The Morgan fingerprint density at radius 1 is 1.63 bits per heavy atom. The molecule has 0 bridgehead atoms. The van der Waals surface area contributed by atoms with Crippen LogP contribution < -0.4 is 5.32 Å². The second-order valence-corrected chi connectivity index (χ2v) is 4.32. The molecule has 2 N–H and O–H groups in total. The third kappa shape index (κ3) is 2.79. The molecular formula is C11H13N3O5. The molecule has 0 amide bonds. The highest BCUT2D eigenvalue weighted by Gasteiger charge is 2.30. The second-order valence-electron chi connectivity index (χ2n) is 4.32. The van der Waals surface area contributed by atoms with E-state index in [1.165, 1.54) is 0 Å². The van der Waals surface area contributed by atoms with Gasteiger partial charge in [0.15, 0.2) is 0 Å². The average Bonchev–Trinajstić information content (AvgIpc) is 2.32. The average molecular weight is 267 g/mol. The van der Waals surface area contributed by atoms with Gasteiger partial charge in [-0.25, -0.2) is 9.78 Å². The van der Waals surface area contributed by atoms with E-state index in [2.05, 4.69) is 10.3 Å². The number of aromatic carboxylic acids is 1. The van der Waals surface area contributed by atoms with Gasteiger partial charge in [0.2, 0.25) is 0 Å². The maximum atomic E-state index is 11.1. The molecule has 0 radical (unpaired) electrons. The summed E-state index contributed by atoms with van der Waals surface area (Å²) in [4.78, 5) is 24.8. The van der Waals surface area contributed by atoms with Crippen molar-refractivity contribution in [1.29, 1.82) is 0 Å². The van der Waals surface area contributed by atoms with E-state index in [0.717, 1.165) is 25.1 Å². The SMILES string of the molecule is COC1CC(Nc2ncc([N+](=O)[O-])cc2C(=O)O)C1. The summed E-state index contributed by atoms with van der Waals surface area (Å²) in [5, 5.41) is 22.6. The van der Waals surface area contributed by atoms with E-state index in [1.54, 1.807) is 7.11 Å². The Labute approximate surface area is 108 Å². The molecule has 8 heteroatoms. The number of nitro groups is 1. The summed E-state index contributed by atoms with van der Waals surface area (Å²) < 4.78 is 5.12. The van der Waals surface area contributed by atoms with E-state index in [9.17, 15) is 14.9 Å². The number of hydrogen-bond donors (Lipinski definition) is 2. The van der Waals surface area contributed by atoms with Crippen molar-refractivity contribution in [2.45, 2.75) is 25.0 Å². The van der Waals surface area contributed by atoms with E-state index in [0.29, 0.717) is 0 Å². The summed E-state index contributed by atoms with van der Waals surface area (Å²) in [5.41, 5.74) is -0.540. The Morgan fingerprint density at radius 3 is 2.84 bits per heavy atom. The maximum absolute atomic E-state index is 11.1. The van der Waals surface area contributed by atoms with Crippen molar-refractivity contribution in [3.05, 3.63) is 27.9 Å². The van der Waals surface area contributed by atoms with E-state index < -0.39 is 10.9 Å². The summed E-state index contributed by atoms with van der Waals surface area (Å²) >= 11 is 0. The van der Waals surface area contributed by atoms with Gasteiger partial charge in [0.25, 0.3) is 5.69 Å². The smallest absolute Gasteiger partial charge is 0.339 e. The van der Waals surface area contributed by atoms with Gasteiger partial charge in [-0.05, 0) is 12.8 Å². The molecule has 8 nitrogen and oxygen atoms in total. The lowest BCUT2D eigenvalue weighted by molar-refractivity contribution is -0.385. The fourth-order valence-electron chi connectivity index (χ4n) is 1.90. The van der Waals surface area contributed by atoms with Gasteiger partial charge in [-0.2, -0.15) is 0 Å². The van der Waals surface area contributed by atoms with Gasteiger partial charge < -0.3 is 15.2 Å². The number of ether oxygens (including phenoxy) is 1. The van der Waals surface area contributed by atoms with Crippen LogP contribution in [0.3, 0.4) is 0 Å². The number of hydrogen-bond acceptors (Lipinski definition) is 6. The Kier molecular flexibility index (Phi) is 3.61. The van der Waals surface area contributed by atoms with Gasteiger partial charge in [-0.15, -0.1) is 0 Å². The zero-order valence-electron chi connectivity index (χ0n) is 10.2. The highest BCUT2D eigenvalue weighted by molar-refractivity contribution is 5.93. The molecule has 0 aliphatic heterocycles. The van der Waals surface area contributed by atoms with Crippen LogP contribution in [-0.2, 0) is 4.74 Å². The number of carboxylic acid groups (broad SMARTS) is 1. The largest absolute Gasteiger partial charge is 0.478 e. The lowest BCUT2D eigenvalue weighted by atomic mass is 9.89. The normalized spacial score (nSPS) is 21.5. The fourth-order valence-corrected chi connectivity index (χ4v) is 1.90. The number of carboxylic acids is 1. The molecule has 0 saturated heterocycles. The molecular weight excluding hydrogens is 254 g/mol. The number of aromatic nitrogens is 1. The van der Waals surface area contributed by atoms with Crippen LogP contribution in [0.25, 0.3) is 0 Å². The first-order valence-electron chi connectivity index (χ1n) is 5.68. The molecule has 1 saturated carbocycles. The number of nitrogens with one attached hydrogen (secondary N) is 1. The third-order valence-corrected chi connectivity index (χ3v) is 3.08. The van der Waals surface area contributed by atoms with E-state index >= 15 is 0 Å². The van der Waals surface area contributed by atoms with Crippen molar-refractivity contribution in [2.75, 3.05) is 12.4 Å². The van der Waals surface area contributed by atoms with Crippen LogP contribution in [0.4, 0.5) is 11.5 Å². The van der Waals surface area contributed by atoms with Crippen molar-refractivity contribution in [1.82, 2.24) is 4.98 Å². The van der Waals surface area contributed by atoms with Gasteiger partial charge in [0, 0.05) is 19.2 Å². The minimum Gasteiger partial charge on any atom is -0.478 e. The Hall–Kier alpha value is -2.22. The highest BCUT2D eigenvalue weighted by Crippen LogP contribution is 2.28. The molecule has 1 aromatic heterocycles. The molecule has 0 unspecified atom stereocenters. The monoisotopic (exact) mass is 267 g/mol. The number of carbonyl (C=O) groups is 1. The Bertz CT molecular complexity index is 513. The Morgan fingerprint density at radius 2 is 2.32 bits per heavy atom. The molecule has 1 heterocycles. The number of anilines is 1. The van der Waals surface area contributed by atoms with Crippen molar-refractivity contribution in [3.63, 3.8) is 0 Å². The molecule has 1 aliphatic rings. The molecule has 19 heavy (non-hydrogen) atoms. The van der Waals surface area contributed by atoms with E-state index in [4.69, 9.17) is 9.84 Å². The van der Waals surface area contributed by atoms with Crippen molar-refractivity contribution in [2.24, 2.45) is 0 Å². The molecule has 1 aromatic rings. The van der Waals surface area contributed by atoms with Gasteiger partial charge in [0.1, 0.15) is 17.6 Å². The third-order valence-electron chi connectivity index (χ3n) is 3.08. The van der Waals surface area contributed by atoms with Crippen LogP contribution in [-0.4, -0.2) is 40.2 Å². The molecule has 1 fully saturated rings. The van der Waals surface area contributed by atoms with Gasteiger partial charge in [0.05, 0.1) is 11.0 Å². The first kappa shape index (κ1) is 13.2. The summed E-state index contributed by atoms with van der Waals surface area (Å²) in [6.45, 7) is 0. The van der Waals surface area contributed by atoms with Crippen LogP contribution >= 0.6 is 0 Å². The van der Waals surface area contributed by atoms with E-state index in [-0.39, 0.29) is 29.2 Å². The number of nitrogens with zero attached hydrogens (tertiary/aromatic N) is 2. The molecule has 102 valence electrons. The van der Waals surface area contributed by atoms with Crippen LogP contribution in [0.5, 0.6) is 0 Å². The minimum atomic E-state index is -1.25. The number of methoxy groups -OCH3 is 1. The predicted molar refractivity (Wildman–Crippen MR) is 65.3 cm³/mol. The summed E-state index contributed by atoms with van der Waals surface area (Å²) in [6, 6.07) is 1.08. The predicted octanol–water partition coefficient (Wildman–Crippen LogP) is 1.28. The van der Waals surface area contributed by atoms with Crippen molar-refractivity contribution >= 4 is 17.5 Å². The molecule has 0 aromatic carbocycles. The maximum Gasteiger partial charge on any atom is 0.339 e. The molecule has 1 aliphatic carbocycles.